The summed E-state index contributed by atoms with van der Waals surface area (Å²) in [6.45, 7) is 6.20. The third kappa shape index (κ3) is 3.73. The first-order valence-electron chi connectivity index (χ1n) is 7.99. The molecule has 1 N–H and O–H groups in total. The standard InChI is InChI=1S/C16H25N3O3S/c1-4-19(5-2)23(21,22)15-8-6-13(7-9-15)16(20)18(3)14-10-11-17-12-14/h6-9,14,17H,4-5,10-12H2,1-3H3. The first-order chi connectivity index (χ1) is 10.9. The van der Waals surface area contributed by atoms with Gasteiger partial charge < -0.3 is 10.2 Å². The maximum atomic E-state index is 12.5. The second-order valence-electron chi connectivity index (χ2n) is 5.68. The summed E-state index contributed by atoms with van der Waals surface area (Å²) >= 11 is 0. The summed E-state index contributed by atoms with van der Waals surface area (Å²) in [6.07, 6.45) is 0.941. The van der Waals surface area contributed by atoms with Crippen molar-refractivity contribution >= 4 is 15.9 Å². The van der Waals surface area contributed by atoms with Crippen LogP contribution in [0.15, 0.2) is 29.2 Å². The van der Waals surface area contributed by atoms with Gasteiger partial charge in [-0.3, -0.25) is 4.79 Å². The van der Waals surface area contributed by atoms with E-state index < -0.39 is 10.0 Å². The molecule has 2 rings (SSSR count). The molecule has 1 fully saturated rings. The van der Waals surface area contributed by atoms with Gasteiger partial charge in [0.05, 0.1) is 4.90 Å². The molecule has 0 aliphatic carbocycles. The topological polar surface area (TPSA) is 69.7 Å². The van der Waals surface area contributed by atoms with Crippen molar-refractivity contribution < 1.29 is 13.2 Å². The lowest BCUT2D eigenvalue weighted by atomic mass is 10.1. The summed E-state index contributed by atoms with van der Waals surface area (Å²) in [7, 11) is -1.69. The Labute approximate surface area is 138 Å². The van der Waals surface area contributed by atoms with Crippen LogP contribution in [0.5, 0.6) is 0 Å². The van der Waals surface area contributed by atoms with Gasteiger partial charge in [0.2, 0.25) is 10.0 Å². The van der Waals surface area contributed by atoms with Gasteiger partial charge in [-0.25, -0.2) is 8.42 Å². The van der Waals surface area contributed by atoms with Gasteiger partial charge in [0.1, 0.15) is 0 Å². The first-order valence-corrected chi connectivity index (χ1v) is 9.43. The Morgan fingerprint density at radius 3 is 2.30 bits per heavy atom. The summed E-state index contributed by atoms with van der Waals surface area (Å²) in [5.74, 6) is -0.0783. The van der Waals surface area contributed by atoms with Gasteiger partial charge in [0.25, 0.3) is 5.91 Å². The molecule has 7 heteroatoms. The monoisotopic (exact) mass is 339 g/mol. The van der Waals surface area contributed by atoms with E-state index in [-0.39, 0.29) is 16.8 Å². The largest absolute Gasteiger partial charge is 0.337 e. The van der Waals surface area contributed by atoms with Gasteiger partial charge in [-0.15, -0.1) is 0 Å². The summed E-state index contributed by atoms with van der Waals surface area (Å²) in [4.78, 5) is 14.4. The number of likely N-dealkylation sites (N-methyl/N-ethyl adjacent to an activating group) is 1. The molecule has 1 aliphatic heterocycles. The Balaban J connectivity index is 2.17. The molecule has 1 saturated heterocycles. The lowest BCUT2D eigenvalue weighted by Gasteiger charge is -2.24. The molecule has 1 aliphatic rings. The minimum absolute atomic E-state index is 0.0783. The molecule has 1 amide bonds. The molecule has 0 saturated carbocycles. The number of nitrogens with zero attached hydrogens (tertiary/aromatic N) is 2. The van der Waals surface area contributed by atoms with Crippen molar-refractivity contribution in [2.24, 2.45) is 0 Å². The molecule has 0 radical (unpaired) electrons. The van der Waals surface area contributed by atoms with Gasteiger partial charge in [-0.2, -0.15) is 4.31 Å². The number of benzene rings is 1. The average Bonchev–Trinajstić information content (AvgIpc) is 3.09. The number of nitrogens with one attached hydrogen (secondary N) is 1. The molecule has 0 aromatic heterocycles. The molecule has 1 atom stereocenters. The molecular weight excluding hydrogens is 314 g/mol. The van der Waals surface area contributed by atoms with E-state index in [0.717, 1.165) is 19.5 Å². The molecule has 23 heavy (non-hydrogen) atoms. The van der Waals surface area contributed by atoms with Gasteiger partial charge in [-0.1, -0.05) is 13.8 Å². The normalized spacial score (nSPS) is 18.3. The fraction of sp³-hybridized carbons (Fsp3) is 0.562. The minimum atomic E-state index is -3.48. The van der Waals surface area contributed by atoms with Crippen molar-refractivity contribution in [2.75, 3.05) is 33.2 Å². The minimum Gasteiger partial charge on any atom is -0.337 e. The van der Waals surface area contributed by atoms with Gasteiger partial charge in [0.15, 0.2) is 0 Å². The third-order valence-corrected chi connectivity index (χ3v) is 6.41. The van der Waals surface area contributed by atoms with Crippen LogP contribution in [0, 0.1) is 0 Å². The van der Waals surface area contributed by atoms with E-state index in [9.17, 15) is 13.2 Å². The number of hydrogen-bond donors (Lipinski definition) is 1. The molecule has 6 nitrogen and oxygen atoms in total. The van der Waals surface area contributed by atoms with E-state index >= 15 is 0 Å². The van der Waals surface area contributed by atoms with Crippen molar-refractivity contribution in [1.29, 1.82) is 0 Å². The number of rotatable bonds is 6. The number of sulfonamides is 1. The fourth-order valence-electron chi connectivity index (χ4n) is 2.82. The molecule has 1 aromatic rings. The SMILES string of the molecule is CCN(CC)S(=O)(=O)c1ccc(C(=O)N(C)C2CCNC2)cc1. The van der Waals surface area contributed by atoms with E-state index in [2.05, 4.69) is 5.32 Å². The summed E-state index contributed by atoms with van der Waals surface area (Å²) in [5.41, 5.74) is 0.512. The van der Waals surface area contributed by atoms with Crippen LogP contribution >= 0.6 is 0 Å². The highest BCUT2D eigenvalue weighted by Gasteiger charge is 2.25. The Kier molecular flexibility index (Phi) is 5.78. The van der Waals surface area contributed by atoms with Gasteiger partial charge in [-0.05, 0) is 37.2 Å². The zero-order valence-corrected chi connectivity index (χ0v) is 14.8. The molecule has 1 unspecified atom stereocenters. The molecular formula is C16H25N3O3S. The highest BCUT2D eigenvalue weighted by atomic mass is 32.2. The average molecular weight is 339 g/mol. The fourth-order valence-corrected chi connectivity index (χ4v) is 4.28. The maximum absolute atomic E-state index is 12.5. The van der Waals surface area contributed by atoms with Crippen molar-refractivity contribution in [2.45, 2.75) is 31.2 Å². The van der Waals surface area contributed by atoms with Gasteiger partial charge >= 0.3 is 0 Å². The second kappa shape index (κ2) is 7.42. The van der Waals surface area contributed by atoms with Crippen molar-refractivity contribution in [1.82, 2.24) is 14.5 Å². The van der Waals surface area contributed by atoms with Crippen LogP contribution in [0.25, 0.3) is 0 Å². The molecule has 128 valence electrons. The van der Waals surface area contributed by atoms with E-state index in [1.165, 1.54) is 16.4 Å². The highest BCUT2D eigenvalue weighted by Crippen LogP contribution is 2.18. The van der Waals surface area contributed by atoms with E-state index in [1.54, 1.807) is 24.1 Å². The Hall–Kier alpha value is -1.44. The maximum Gasteiger partial charge on any atom is 0.253 e. The van der Waals surface area contributed by atoms with Crippen molar-refractivity contribution in [3.05, 3.63) is 29.8 Å². The molecule has 0 bridgehead atoms. The number of amides is 1. The van der Waals surface area contributed by atoms with E-state index in [4.69, 9.17) is 0 Å². The zero-order valence-electron chi connectivity index (χ0n) is 13.9. The zero-order chi connectivity index (χ0) is 17.0. The van der Waals surface area contributed by atoms with Crippen LogP contribution in [0.4, 0.5) is 0 Å². The smallest absolute Gasteiger partial charge is 0.253 e. The predicted octanol–water partition coefficient (Wildman–Crippen LogP) is 1.15. The van der Waals surface area contributed by atoms with Crippen LogP contribution in [-0.2, 0) is 10.0 Å². The van der Waals surface area contributed by atoms with Crippen molar-refractivity contribution in [3.8, 4) is 0 Å². The van der Waals surface area contributed by atoms with E-state index in [1.807, 2.05) is 13.8 Å². The summed E-state index contributed by atoms with van der Waals surface area (Å²) in [6, 6.07) is 6.42. The summed E-state index contributed by atoms with van der Waals surface area (Å²) < 4.78 is 26.3. The Bertz CT molecular complexity index is 633. The Morgan fingerprint density at radius 2 is 1.83 bits per heavy atom. The van der Waals surface area contributed by atoms with Crippen molar-refractivity contribution in [3.63, 3.8) is 0 Å². The lowest BCUT2D eigenvalue weighted by Crippen LogP contribution is -2.38. The lowest BCUT2D eigenvalue weighted by molar-refractivity contribution is 0.0743. The van der Waals surface area contributed by atoms with Crippen LogP contribution in [0.2, 0.25) is 0 Å². The predicted molar refractivity (Wildman–Crippen MR) is 89.9 cm³/mol. The molecule has 1 aromatic carbocycles. The first kappa shape index (κ1) is 17.9. The quantitative estimate of drug-likeness (QED) is 0.844. The number of hydrogen-bond acceptors (Lipinski definition) is 4. The molecule has 0 spiro atoms. The Morgan fingerprint density at radius 1 is 1.22 bits per heavy atom. The van der Waals surface area contributed by atoms with Crippen LogP contribution in [0.3, 0.4) is 0 Å². The van der Waals surface area contributed by atoms with Gasteiger partial charge in [0, 0.05) is 38.3 Å². The van der Waals surface area contributed by atoms with Crippen LogP contribution in [0.1, 0.15) is 30.6 Å². The third-order valence-electron chi connectivity index (χ3n) is 4.35. The molecule has 1 heterocycles. The van der Waals surface area contributed by atoms with Crippen LogP contribution in [-0.4, -0.2) is 62.8 Å². The summed E-state index contributed by atoms with van der Waals surface area (Å²) in [5, 5.41) is 3.24. The number of carbonyl (C=O) groups excluding carboxylic acids is 1. The van der Waals surface area contributed by atoms with E-state index in [0.29, 0.717) is 18.7 Å². The number of carbonyl (C=O) groups is 1. The second-order valence-corrected chi connectivity index (χ2v) is 7.61. The van der Waals surface area contributed by atoms with Crippen LogP contribution < -0.4 is 5.32 Å². The highest BCUT2D eigenvalue weighted by molar-refractivity contribution is 7.89.